The molecular formula is C40H56N4O2. The maximum absolute atomic E-state index is 13.5. The van der Waals surface area contributed by atoms with E-state index < -0.39 is 12.0 Å². The van der Waals surface area contributed by atoms with E-state index in [0.717, 1.165) is 47.1 Å². The van der Waals surface area contributed by atoms with Gasteiger partial charge in [-0.2, -0.15) is 0 Å². The number of aryl methyl sites for hydroxylation is 1. The predicted octanol–water partition coefficient (Wildman–Crippen LogP) is 8.17. The first-order valence-electron chi connectivity index (χ1n) is 17.8. The van der Waals surface area contributed by atoms with Gasteiger partial charge in [0.25, 0.3) is 0 Å². The van der Waals surface area contributed by atoms with Crippen LogP contribution in [0.2, 0.25) is 0 Å². The fourth-order valence-electron chi connectivity index (χ4n) is 6.89. The summed E-state index contributed by atoms with van der Waals surface area (Å²) in [6.45, 7) is 0.430. The summed E-state index contributed by atoms with van der Waals surface area (Å²) in [4.78, 5) is 26.7. The summed E-state index contributed by atoms with van der Waals surface area (Å²) < 4.78 is 0. The molecule has 2 atom stereocenters. The zero-order chi connectivity index (χ0) is 32.6. The molecule has 0 unspecified atom stereocenters. The van der Waals surface area contributed by atoms with E-state index in [9.17, 15) is 9.59 Å². The lowest BCUT2D eigenvalue weighted by atomic mass is 9.85. The quantitative estimate of drug-likeness (QED) is 0.0575. The fourth-order valence-corrected chi connectivity index (χ4v) is 6.89. The van der Waals surface area contributed by atoms with Crippen LogP contribution < -0.4 is 16.8 Å². The lowest BCUT2D eigenvalue weighted by molar-refractivity contribution is -0.130. The van der Waals surface area contributed by atoms with Gasteiger partial charge in [-0.3, -0.25) is 15.0 Å². The van der Waals surface area contributed by atoms with Crippen molar-refractivity contribution in [2.75, 3.05) is 0 Å². The van der Waals surface area contributed by atoms with Crippen molar-refractivity contribution in [2.24, 2.45) is 23.3 Å². The van der Waals surface area contributed by atoms with E-state index in [1.54, 1.807) is 0 Å². The molecule has 1 amide bonds. The summed E-state index contributed by atoms with van der Waals surface area (Å²) >= 11 is 0. The van der Waals surface area contributed by atoms with Crippen LogP contribution in [-0.2, 0) is 29.0 Å². The second-order valence-corrected chi connectivity index (χ2v) is 13.6. The molecule has 4 rings (SSSR count). The Kier molecular flexibility index (Phi) is 14.8. The van der Waals surface area contributed by atoms with Gasteiger partial charge in [0, 0.05) is 25.3 Å². The summed E-state index contributed by atoms with van der Waals surface area (Å²) in [6.07, 6.45) is 18.1. The summed E-state index contributed by atoms with van der Waals surface area (Å²) in [7, 11) is 0. The Balaban J connectivity index is 1.26. The van der Waals surface area contributed by atoms with E-state index in [1.807, 2.05) is 18.2 Å². The number of nitrogens with one attached hydrogen (secondary N) is 2. The van der Waals surface area contributed by atoms with Gasteiger partial charge in [-0.05, 0) is 65.5 Å². The number of ketones is 1. The molecule has 0 aromatic heterocycles. The summed E-state index contributed by atoms with van der Waals surface area (Å²) in [6, 6.07) is 22.4. The molecule has 0 saturated heterocycles. The first kappa shape index (κ1) is 35.3. The maximum atomic E-state index is 13.5. The number of benzene rings is 3. The molecule has 6 heteroatoms. The predicted molar refractivity (Wildman–Crippen MR) is 191 cm³/mol. The van der Waals surface area contributed by atoms with Crippen LogP contribution in [0, 0.1) is 17.2 Å². The Hall–Kier alpha value is -3.51. The zero-order valence-corrected chi connectivity index (χ0v) is 27.8. The van der Waals surface area contributed by atoms with Crippen molar-refractivity contribution in [3.8, 4) is 0 Å². The molecule has 0 spiro atoms. The molecule has 3 aromatic rings. The number of carbonyl (C=O) groups is 2. The van der Waals surface area contributed by atoms with Crippen LogP contribution in [0.5, 0.6) is 0 Å². The van der Waals surface area contributed by atoms with Crippen LogP contribution in [0.1, 0.15) is 113 Å². The molecule has 1 aliphatic carbocycles. The summed E-state index contributed by atoms with van der Waals surface area (Å²) in [5.74, 6) is 0.416. The Morgan fingerprint density at radius 2 is 1.50 bits per heavy atom. The monoisotopic (exact) mass is 624 g/mol. The molecule has 0 aliphatic heterocycles. The van der Waals surface area contributed by atoms with Crippen LogP contribution in [-0.4, -0.2) is 23.6 Å². The third kappa shape index (κ3) is 12.4. The van der Waals surface area contributed by atoms with Crippen LogP contribution >= 0.6 is 0 Å². The Morgan fingerprint density at radius 3 is 2.26 bits per heavy atom. The van der Waals surface area contributed by atoms with Gasteiger partial charge in [-0.1, -0.05) is 131 Å². The van der Waals surface area contributed by atoms with Gasteiger partial charge in [-0.25, -0.2) is 0 Å². The van der Waals surface area contributed by atoms with Crippen molar-refractivity contribution >= 4 is 28.3 Å². The van der Waals surface area contributed by atoms with Gasteiger partial charge in [0.15, 0.2) is 0 Å². The lowest BCUT2D eigenvalue weighted by Gasteiger charge is -2.21. The largest absolute Gasteiger partial charge is 0.388 e. The van der Waals surface area contributed by atoms with Crippen molar-refractivity contribution < 1.29 is 9.59 Å². The van der Waals surface area contributed by atoms with E-state index in [-0.39, 0.29) is 23.9 Å². The van der Waals surface area contributed by atoms with E-state index >= 15 is 0 Å². The standard InChI is InChI=1S/C40H56N4O2/c41-37(18-10-11-19-39(42)43)38(45)28-36(27-33-24-25-34-16-8-9-17-35(34)26-33)40(46)44-29-32-22-20-31(21-23-32)15-5-2-1-4-12-30-13-6-3-7-14-30/h8-9,16-17,20-26,30,36-37H,1-7,10-15,18-19,27-29,41H2,(H3,42,43)(H,44,46)/t36-,37+/m1/s1. The molecule has 3 aromatic carbocycles. The highest BCUT2D eigenvalue weighted by Crippen LogP contribution is 2.28. The van der Waals surface area contributed by atoms with Gasteiger partial charge in [-0.15, -0.1) is 0 Å². The number of hydrogen-bond donors (Lipinski definition) is 4. The topological polar surface area (TPSA) is 122 Å². The highest BCUT2D eigenvalue weighted by molar-refractivity contribution is 5.90. The Morgan fingerprint density at radius 1 is 0.804 bits per heavy atom. The normalized spacial score (nSPS) is 15.0. The highest BCUT2D eigenvalue weighted by Gasteiger charge is 2.25. The molecule has 0 heterocycles. The number of fused-ring (bicyclic) bond motifs is 1. The first-order chi connectivity index (χ1) is 22.4. The van der Waals surface area contributed by atoms with E-state index in [4.69, 9.17) is 16.9 Å². The SMILES string of the molecule is N=C(N)CCCC[C@H](N)C(=O)C[C@@H](Cc1ccc2ccccc2c1)C(=O)NCc1ccc(CCCCCCC2CCCCC2)cc1. The molecule has 0 radical (unpaired) electrons. The van der Waals surface area contributed by atoms with Gasteiger partial charge >= 0.3 is 0 Å². The molecule has 46 heavy (non-hydrogen) atoms. The smallest absolute Gasteiger partial charge is 0.224 e. The average molecular weight is 625 g/mol. The fraction of sp³-hybridized carbons (Fsp3) is 0.525. The van der Waals surface area contributed by atoms with Crippen LogP contribution in [0.3, 0.4) is 0 Å². The third-order valence-electron chi connectivity index (χ3n) is 9.78. The number of nitrogens with two attached hydrogens (primary N) is 2. The molecule has 0 bridgehead atoms. The van der Waals surface area contributed by atoms with Crippen LogP contribution in [0.25, 0.3) is 10.8 Å². The van der Waals surface area contributed by atoms with Gasteiger partial charge in [0.1, 0.15) is 5.78 Å². The number of amidine groups is 1. The number of hydrogen-bond acceptors (Lipinski definition) is 4. The van der Waals surface area contributed by atoms with Gasteiger partial charge in [0.2, 0.25) is 5.91 Å². The lowest BCUT2D eigenvalue weighted by Crippen LogP contribution is -2.37. The van der Waals surface area contributed by atoms with E-state index in [0.29, 0.717) is 25.8 Å². The molecule has 6 nitrogen and oxygen atoms in total. The minimum absolute atomic E-state index is 0.0953. The first-order valence-corrected chi connectivity index (χ1v) is 17.8. The molecule has 6 N–H and O–H groups in total. The molecule has 1 saturated carbocycles. The maximum Gasteiger partial charge on any atom is 0.224 e. The minimum atomic E-state index is -0.622. The average Bonchev–Trinajstić information content (AvgIpc) is 3.07. The number of amides is 1. The minimum Gasteiger partial charge on any atom is -0.388 e. The van der Waals surface area contributed by atoms with Crippen LogP contribution in [0.15, 0.2) is 66.7 Å². The van der Waals surface area contributed by atoms with Crippen molar-refractivity contribution in [1.82, 2.24) is 5.32 Å². The third-order valence-corrected chi connectivity index (χ3v) is 9.78. The summed E-state index contributed by atoms with van der Waals surface area (Å²) in [5.41, 5.74) is 15.1. The van der Waals surface area contributed by atoms with Crippen LogP contribution in [0.4, 0.5) is 0 Å². The second-order valence-electron chi connectivity index (χ2n) is 13.6. The Bertz CT molecular complexity index is 1380. The van der Waals surface area contributed by atoms with Crippen molar-refractivity contribution in [2.45, 2.75) is 122 Å². The van der Waals surface area contributed by atoms with Gasteiger partial charge < -0.3 is 16.8 Å². The van der Waals surface area contributed by atoms with Crippen molar-refractivity contribution in [3.05, 3.63) is 83.4 Å². The van der Waals surface area contributed by atoms with Crippen molar-refractivity contribution in [1.29, 1.82) is 5.41 Å². The molecule has 1 fully saturated rings. The zero-order valence-electron chi connectivity index (χ0n) is 27.8. The van der Waals surface area contributed by atoms with Gasteiger partial charge in [0.05, 0.1) is 11.9 Å². The number of rotatable bonds is 20. The molecule has 248 valence electrons. The van der Waals surface area contributed by atoms with Crippen molar-refractivity contribution in [3.63, 3.8) is 0 Å². The molecule has 1 aliphatic rings. The number of unbranched alkanes of at least 4 members (excludes halogenated alkanes) is 4. The summed E-state index contributed by atoms with van der Waals surface area (Å²) in [5, 5.41) is 12.8. The van der Waals surface area contributed by atoms with E-state index in [2.05, 4.69) is 53.8 Å². The Labute approximate surface area is 276 Å². The molecular weight excluding hydrogens is 568 g/mol. The number of carbonyl (C=O) groups excluding carboxylic acids is 2. The number of Topliss-reactive ketones (excluding diaryl/α,β-unsaturated/α-hetero) is 1. The van der Waals surface area contributed by atoms with E-state index in [1.165, 1.54) is 69.8 Å². The highest BCUT2D eigenvalue weighted by atomic mass is 16.2. The second kappa shape index (κ2) is 19.2.